The third kappa shape index (κ3) is 39.8. The Bertz CT molecular complexity index is 1090. The smallest absolute Gasteiger partial charge is 0.306 e. The summed E-state index contributed by atoms with van der Waals surface area (Å²) >= 11 is 0. The highest BCUT2D eigenvalue weighted by atomic mass is 16.6. The molecule has 0 spiro atoms. The van der Waals surface area contributed by atoms with Crippen molar-refractivity contribution in [1.29, 1.82) is 0 Å². The van der Waals surface area contributed by atoms with E-state index in [0.717, 1.165) is 122 Å². The molecule has 6 heteroatoms. The van der Waals surface area contributed by atoms with Crippen LogP contribution >= 0.6 is 0 Å². The van der Waals surface area contributed by atoms with Crippen molar-refractivity contribution >= 4 is 17.9 Å². The number of carbonyl (C=O) groups is 3. The molecule has 0 aromatic carbocycles. The van der Waals surface area contributed by atoms with E-state index in [2.05, 4.69) is 106 Å². The lowest BCUT2D eigenvalue weighted by atomic mass is 10.1. The summed E-state index contributed by atoms with van der Waals surface area (Å²) in [6, 6.07) is 0. The maximum absolute atomic E-state index is 12.7. The van der Waals surface area contributed by atoms with Crippen LogP contribution in [0, 0.1) is 0 Å². The summed E-state index contributed by atoms with van der Waals surface area (Å²) in [6.07, 6.45) is 52.9. The fraction of sp³-hybridized carbons (Fsp3) is 0.646. The minimum Gasteiger partial charge on any atom is -0.462 e. The predicted octanol–water partition coefficient (Wildman–Crippen LogP) is 13.7. The molecule has 0 saturated carbocycles. The van der Waals surface area contributed by atoms with Crippen molar-refractivity contribution in [3.05, 3.63) is 85.1 Å². The number of hydrogen-bond acceptors (Lipinski definition) is 6. The van der Waals surface area contributed by atoms with E-state index < -0.39 is 6.10 Å². The van der Waals surface area contributed by atoms with Gasteiger partial charge in [-0.2, -0.15) is 0 Å². The van der Waals surface area contributed by atoms with Crippen LogP contribution in [0.25, 0.3) is 0 Å². The summed E-state index contributed by atoms with van der Waals surface area (Å²) in [7, 11) is 0. The molecule has 54 heavy (non-hydrogen) atoms. The number of ether oxygens (including phenoxy) is 3. The molecule has 0 aromatic heterocycles. The van der Waals surface area contributed by atoms with E-state index in [9.17, 15) is 14.4 Å². The van der Waals surface area contributed by atoms with Gasteiger partial charge in [0.05, 0.1) is 0 Å². The van der Waals surface area contributed by atoms with Gasteiger partial charge in [-0.15, -0.1) is 0 Å². The number of rotatable bonds is 37. The highest BCUT2D eigenvalue weighted by Gasteiger charge is 2.19. The van der Waals surface area contributed by atoms with E-state index in [1.54, 1.807) is 0 Å². The van der Waals surface area contributed by atoms with Gasteiger partial charge in [-0.25, -0.2) is 0 Å². The lowest BCUT2D eigenvalue weighted by Crippen LogP contribution is -2.30. The number of hydrogen-bond donors (Lipinski definition) is 0. The summed E-state index contributed by atoms with van der Waals surface area (Å²) in [5, 5.41) is 0. The van der Waals surface area contributed by atoms with E-state index in [-0.39, 0.29) is 37.5 Å². The first-order chi connectivity index (χ1) is 26.5. The van der Waals surface area contributed by atoms with Gasteiger partial charge in [0.15, 0.2) is 6.10 Å². The van der Waals surface area contributed by atoms with Gasteiger partial charge in [0.1, 0.15) is 13.2 Å². The van der Waals surface area contributed by atoms with Crippen molar-refractivity contribution in [3.8, 4) is 0 Å². The Kier molecular flexibility index (Phi) is 39.7. The van der Waals surface area contributed by atoms with E-state index in [1.807, 2.05) is 0 Å². The highest BCUT2D eigenvalue weighted by Crippen LogP contribution is 2.11. The van der Waals surface area contributed by atoms with E-state index >= 15 is 0 Å². The van der Waals surface area contributed by atoms with Gasteiger partial charge >= 0.3 is 17.9 Å². The molecule has 0 saturated heterocycles. The van der Waals surface area contributed by atoms with Crippen LogP contribution in [0.4, 0.5) is 0 Å². The summed E-state index contributed by atoms with van der Waals surface area (Å²) in [6.45, 7) is 6.26. The average Bonchev–Trinajstić information content (AvgIpc) is 3.17. The zero-order valence-electron chi connectivity index (χ0n) is 34.7. The molecule has 0 aromatic rings. The average molecular weight is 751 g/mol. The standard InChI is InChI=1S/C48H78O6/c1-4-7-10-13-16-19-22-24-25-27-29-32-35-38-41-47(50)53-44-45(43-52-46(49)40-37-34-31-28-21-18-15-12-9-6-3)54-48(51)42-39-36-33-30-26-23-20-17-14-11-8-5-2/h7-8,10-11,15-20,24-26,30,45H,4-6,9,12-14,21-23,27-29,31-44H2,1-3H3/b10-7-,11-8-,18-15-,19-16-,20-17-,25-24-,30-26-. The highest BCUT2D eigenvalue weighted by molar-refractivity contribution is 5.71. The van der Waals surface area contributed by atoms with Crippen LogP contribution in [0.15, 0.2) is 85.1 Å². The second kappa shape index (κ2) is 42.3. The minimum absolute atomic E-state index is 0.107. The number of allylic oxidation sites excluding steroid dienone is 14. The molecule has 0 aliphatic heterocycles. The zero-order valence-corrected chi connectivity index (χ0v) is 34.7. The molecule has 0 heterocycles. The third-order valence-electron chi connectivity index (χ3n) is 8.61. The van der Waals surface area contributed by atoms with Gasteiger partial charge in [0.2, 0.25) is 0 Å². The van der Waals surface area contributed by atoms with Crippen LogP contribution in [0.1, 0.15) is 181 Å². The largest absolute Gasteiger partial charge is 0.462 e. The molecule has 0 rings (SSSR count). The molecule has 0 fully saturated rings. The van der Waals surface area contributed by atoms with Crippen molar-refractivity contribution in [3.63, 3.8) is 0 Å². The number of esters is 3. The molecule has 0 bridgehead atoms. The van der Waals surface area contributed by atoms with Gasteiger partial charge in [0.25, 0.3) is 0 Å². The Balaban J connectivity index is 4.50. The summed E-state index contributed by atoms with van der Waals surface area (Å²) < 4.78 is 16.6. The Morgan fingerprint density at radius 3 is 1.17 bits per heavy atom. The van der Waals surface area contributed by atoms with Crippen molar-refractivity contribution in [2.75, 3.05) is 13.2 Å². The van der Waals surface area contributed by atoms with Gasteiger partial charge < -0.3 is 14.2 Å². The van der Waals surface area contributed by atoms with Crippen molar-refractivity contribution in [2.45, 2.75) is 187 Å². The fourth-order valence-corrected chi connectivity index (χ4v) is 5.39. The second-order valence-electron chi connectivity index (χ2n) is 13.8. The predicted molar refractivity (Wildman–Crippen MR) is 228 cm³/mol. The van der Waals surface area contributed by atoms with Gasteiger partial charge in [-0.3, -0.25) is 14.4 Å². The van der Waals surface area contributed by atoms with E-state index in [4.69, 9.17) is 14.2 Å². The van der Waals surface area contributed by atoms with Crippen molar-refractivity contribution in [2.24, 2.45) is 0 Å². The number of unbranched alkanes of at least 4 members (excludes halogenated alkanes) is 12. The van der Waals surface area contributed by atoms with Gasteiger partial charge in [0, 0.05) is 19.3 Å². The Hall–Kier alpha value is -3.41. The SMILES string of the molecule is CC/C=C\C/C=C\C/C=C\CCCCCCC(=O)OCC(COC(=O)CCCCCC/C=C\CCCC)OC(=O)CCCC/C=C\C/C=C\C/C=C\CC. The summed E-state index contributed by atoms with van der Waals surface area (Å²) in [5.74, 6) is -0.994. The van der Waals surface area contributed by atoms with Crippen LogP contribution in [-0.4, -0.2) is 37.2 Å². The molecule has 6 nitrogen and oxygen atoms in total. The first kappa shape index (κ1) is 50.6. The third-order valence-corrected chi connectivity index (χ3v) is 8.61. The van der Waals surface area contributed by atoms with Crippen LogP contribution in [0.3, 0.4) is 0 Å². The topological polar surface area (TPSA) is 78.9 Å². The Labute approximate surface area is 331 Å². The van der Waals surface area contributed by atoms with Crippen molar-refractivity contribution < 1.29 is 28.6 Å². The van der Waals surface area contributed by atoms with E-state index in [1.165, 1.54) is 12.8 Å². The number of carbonyl (C=O) groups excluding carboxylic acids is 3. The normalized spacial score (nSPS) is 12.9. The lowest BCUT2D eigenvalue weighted by molar-refractivity contribution is -0.167. The van der Waals surface area contributed by atoms with E-state index in [0.29, 0.717) is 19.3 Å². The van der Waals surface area contributed by atoms with Crippen LogP contribution in [-0.2, 0) is 28.6 Å². The van der Waals surface area contributed by atoms with Crippen LogP contribution in [0.5, 0.6) is 0 Å². The lowest BCUT2D eigenvalue weighted by Gasteiger charge is -2.18. The molecule has 1 atom stereocenters. The summed E-state index contributed by atoms with van der Waals surface area (Å²) in [5.41, 5.74) is 0. The molecular weight excluding hydrogens is 673 g/mol. The first-order valence-corrected chi connectivity index (χ1v) is 21.6. The molecular formula is C48H78O6. The molecule has 306 valence electrons. The Morgan fingerprint density at radius 1 is 0.389 bits per heavy atom. The zero-order chi connectivity index (χ0) is 39.4. The molecule has 0 aliphatic rings. The maximum atomic E-state index is 12.7. The van der Waals surface area contributed by atoms with Crippen LogP contribution < -0.4 is 0 Å². The van der Waals surface area contributed by atoms with Crippen molar-refractivity contribution in [1.82, 2.24) is 0 Å². The first-order valence-electron chi connectivity index (χ1n) is 21.6. The molecule has 0 radical (unpaired) electrons. The minimum atomic E-state index is -0.807. The Morgan fingerprint density at radius 2 is 0.722 bits per heavy atom. The summed E-state index contributed by atoms with van der Waals surface area (Å²) in [4.78, 5) is 37.6. The van der Waals surface area contributed by atoms with Gasteiger partial charge in [-0.1, -0.05) is 144 Å². The molecule has 0 amide bonds. The quantitative estimate of drug-likeness (QED) is 0.0272. The molecule has 1 unspecified atom stereocenters. The molecule has 0 N–H and O–H groups in total. The molecule has 0 aliphatic carbocycles. The fourth-order valence-electron chi connectivity index (χ4n) is 5.39. The maximum Gasteiger partial charge on any atom is 0.306 e. The second-order valence-corrected chi connectivity index (χ2v) is 13.8. The monoisotopic (exact) mass is 751 g/mol. The van der Waals surface area contributed by atoms with Gasteiger partial charge in [-0.05, 0) is 103 Å². The van der Waals surface area contributed by atoms with Crippen LogP contribution in [0.2, 0.25) is 0 Å².